The number of piperidine rings is 1. The Labute approximate surface area is 239 Å². The van der Waals surface area contributed by atoms with Crippen molar-refractivity contribution < 1.29 is 40.9 Å². The lowest BCUT2D eigenvalue weighted by Gasteiger charge is -2.50. The normalized spacial score (nSPS) is 19.8. The number of hydrogen-bond donors (Lipinski definition) is 2. The van der Waals surface area contributed by atoms with Crippen LogP contribution in [0, 0.1) is 11.1 Å². The number of nitrogens with zero attached hydrogens (tertiary/aromatic N) is 2. The third-order valence-electron chi connectivity index (χ3n) is 7.75. The number of aliphatic hydroxyl groups is 1. The number of anilines is 1. The zero-order valence-corrected chi connectivity index (χ0v) is 23.0. The predicted octanol–water partition coefficient (Wildman–Crippen LogP) is 6.98. The molecule has 4 rings (SSSR count). The molecule has 1 aliphatic heterocycles. The summed E-state index contributed by atoms with van der Waals surface area (Å²) in [6.07, 6.45) is -8.85. The number of halogens is 6. The molecule has 2 N–H and O–H groups in total. The van der Waals surface area contributed by atoms with Gasteiger partial charge in [0.05, 0.1) is 24.2 Å². The first kappa shape index (κ1) is 31.3. The zero-order chi connectivity index (χ0) is 30.9. The summed E-state index contributed by atoms with van der Waals surface area (Å²) in [4.78, 5) is 13.2. The van der Waals surface area contributed by atoms with Crippen molar-refractivity contribution in [1.29, 1.82) is 0 Å². The number of quaternary nitrogens is 1. The fourth-order valence-corrected chi connectivity index (χ4v) is 5.34. The number of likely N-dealkylation sites (tertiary alicyclic amines) is 1. The molecule has 42 heavy (non-hydrogen) atoms. The summed E-state index contributed by atoms with van der Waals surface area (Å²) in [6.45, 7) is 0.272. The smallest absolute Gasteiger partial charge is 0.416 e. The van der Waals surface area contributed by atoms with Gasteiger partial charge < -0.3 is 25.2 Å². The van der Waals surface area contributed by atoms with Crippen LogP contribution in [0.2, 0.25) is 0 Å². The maximum absolute atomic E-state index is 13.6. The first-order valence-electron chi connectivity index (χ1n) is 13.2. The van der Waals surface area contributed by atoms with E-state index >= 15 is 0 Å². The Morgan fingerprint density at radius 1 is 0.810 bits per heavy atom. The first-order chi connectivity index (χ1) is 19.5. The van der Waals surface area contributed by atoms with E-state index in [4.69, 9.17) is 0 Å². The summed E-state index contributed by atoms with van der Waals surface area (Å²) < 4.78 is 78.6. The molecule has 0 spiro atoms. The molecule has 6 nitrogen and oxygen atoms in total. The second kappa shape index (κ2) is 11.6. The molecular formula is C30H31F6N3O3. The highest BCUT2D eigenvalue weighted by Gasteiger charge is 2.45. The highest BCUT2D eigenvalue weighted by molar-refractivity contribution is 5.88. The Bertz CT molecular complexity index is 1310. The molecule has 3 aromatic rings. The number of carbonyl (C=O) groups is 1. The van der Waals surface area contributed by atoms with Gasteiger partial charge in [-0.15, -0.1) is 0 Å². The van der Waals surface area contributed by atoms with Crippen LogP contribution in [0.5, 0.6) is 0 Å². The number of hydroxylamine groups is 3. The van der Waals surface area contributed by atoms with Gasteiger partial charge in [0.2, 0.25) is 0 Å². The molecule has 226 valence electrons. The van der Waals surface area contributed by atoms with Crippen LogP contribution >= 0.6 is 0 Å². The van der Waals surface area contributed by atoms with Crippen LogP contribution in [-0.4, -0.2) is 47.9 Å². The van der Waals surface area contributed by atoms with Crippen molar-refractivity contribution in [1.82, 2.24) is 4.90 Å². The molecule has 0 radical (unpaired) electrons. The molecule has 12 heteroatoms. The van der Waals surface area contributed by atoms with Gasteiger partial charge in [-0.1, -0.05) is 36.4 Å². The predicted molar refractivity (Wildman–Crippen MR) is 145 cm³/mol. The molecule has 1 aliphatic rings. The maximum atomic E-state index is 13.6. The number of nitrogens with one attached hydrogen (secondary N) is 1. The van der Waals surface area contributed by atoms with Crippen LogP contribution < -0.4 is 5.32 Å². The van der Waals surface area contributed by atoms with Crippen molar-refractivity contribution in [3.05, 3.63) is 106 Å². The number of alkyl halides is 6. The molecule has 1 fully saturated rings. The van der Waals surface area contributed by atoms with Gasteiger partial charge >= 0.3 is 18.4 Å². The van der Waals surface area contributed by atoms with Crippen molar-refractivity contribution in [3.63, 3.8) is 0 Å². The molecule has 3 aromatic carbocycles. The number of urea groups is 1. The maximum Gasteiger partial charge on any atom is 0.416 e. The third-order valence-corrected chi connectivity index (χ3v) is 7.75. The van der Waals surface area contributed by atoms with Crippen LogP contribution in [0.1, 0.15) is 40.7 Å². The molecule has 2 amide bonds. The van der Waals surface area contributed by atoms with Crippen molar-refractivity contribution >= 4 is 11.7 Å². The van der Waals surface area contributed by atoms with E-state index in [2.05, 4.69) is 5.32 Å². The fourth-order valence-electron chi connectivity index (χ4n) is 5.34. The average molecular weight is 596 g/mol. The molecule has 0 aromatic heterocycles. The summed E-state index contributed by atoms with van der Waals surface area (Å²) in [5.41, 5.74) is -2.28. The number of carbonyl (C=O) groups excluding carboxylic acids is 1. The molecular weight excluding hydrogens is 564 g/mol. The quantitative estimate of drug-likeness (QED) is 0.184. The average Bonchev–Trinajstić information content (AvgIpc) is 2.93. The van der Waals surface area contributed by atoms with Gasteiger partial charge in [0.1, 0.15) is 12.1 Å². The Morgan fingerprint density at radius 2 is 1.21 bits per heavy atom. The van der Waals surface area contributed by atoms with Crippen molar-refractivity contribution in [2.75, 3.05) is 32.5 Å². The van der Waals surface area contributed by atoms with Gasteiger partial charge in [-0.25, -0.2) is 4.79 Å². The number of rotatable bonds is 6. The largest absolute Gasteiger partial charge is 0.633 e. The van der Waals surface area contributed by atoms with Crippen LogP contribution in [0.25, 0.3) is 0 Å². The van der Waals surface area contributed by atoms with Gasteiger partial charge in [0.15, 0.2) is 0 Å². The molecule has 0 unspecified atom stereocenters. The number of hydrogen-bond acceptors (Lipinski definition) is 3. The summed E-state index contributed by atoms with van der Waals surface area (Å²) >= 11 is 0. The lowest BCUT2D eigenvalue weighted by Crippen LogP contribution is -2.51. The standard InChI is InChI=1S/C30H31F6N3O3/c1-38(2)27(40)37-26-13-3-20(4-14-26)19-39(42)17-15-23(16-18-39)28(41,21-5-9-24(10-6-21)29(31,32)33)22-7-11-25(12-8-22)30(34,35)36/h3-14,23,41H,15-19H2,1-2H3,(H,37,40). The minimum atomic E-state index is -4.61. The molecule has 0 saturated carbocycles. The lowest BCUT2D eigenvalue weighted by molar-refractivity contribution is -0.900. The highest BCUT2D eigenvalue weighted by Crippen LogP contribution is 2.45. The molecule has 0 atom stereocenters. The topological polar surface area (TPSA) is 75.6 Å². The van der Waals surface area contributed by atoms with Crippen LogP contribution in [0.15, 0.2) is 72.8 Å². The third kappa shape index (κ3) is 6.88. The molecule has 1 saturated heterocycles. The summed E-state index contributed by atoms with van der Waals surface area (Å²) in [5, 5.41) is 28.4. The Hall–Kier alpha value is -3.61. The SMILES string of the molecule is CN(C)C(=O)Nc1ccc(C[N+]2([O-])CCC(C(O)(c3ccc(C(F)(F)F)cc3)c3ccc(C(F)(F)F)cc3)CC2)cc1. The highest BCUT2D eigenvalue weighted by atomic mass is 19.4. The number of benzene rings is 3. The Kier molecular flexibility index (Phi) is 8.64. The van der Waals surface area contributed by atoms with E-state index in [1.807, 2.05) is 0 Å². The lowest BCUT2D eigenvalue weighted by atomic mass is 9.71. The van der Waals surface area contributed by atoms with E-state index in [1.165, 1.54) is 4.90 Å². The van der Waals surface area contributed by atoms with Crippen LogP contribution in [0.4, 0.5) is 36.8 Å². The van der Waals surface area contributed by atoms with Crippen LogP contribution in [-0.2, 0) is 24.5 Å². The first-order valence-corrected chi connectivity index (χ1v) is 13.2. The van der Waals surface area contributed by atoms with Gasteiger partial charge in [0, 0.05) is 44.1 Å². The Balaban J connectivity index is 1.56. The van der Waals surface area contributed by atoms with E-state index < -0.39 is 39.6 Å². The van der Waals surface area contributed by atoms with E-state index in [1.54, 1.807) is 38.4 Å². The van der Waals surface area contributed by atoms with Gasteiger partial charge in [-0.2, -0.15) is 26.3 Å². The van der Waals surface area contributed by atoms with E-state index in [-0.39, 0.29) is 49.6 Å². The molecule has 0 aliphatic carbocycles. The van der Waals surface area contributed by atoms with Gasteiger partial charge in [-0.05, 0) is 47.5 Å². The fraction of sp³-hybridized carbons (Fsp3) is 0.367. The van der Waals surface area contributed by atoms with Gasteiger partial charge in [0.25, 0.3) is 0 Å². The molecule has 1 heterocycles. The van der Waals surface area contributed by atoms with Crippen molar-refractivity contribution in [2.24, 2.45) is 5.92 Å². The molecule has 0 bridgehead atoms. The summed E-state index contributed by atoms with van der Waals surface area (Å²) in [6, 6.07) is 14.4. The van der Waals surface area contributed by atoms with Gasteiger partial charge in [-0.3, -0.25) is 0 Å². The summed E-state index contributed by atoms with van der Waals surface area (Å²) in [5.74, 6) is -0.644. The monoisotopic (exact) mass is 595 g/mol. The Morgan fingerprint density at radius 3 is 1.60 bits per heavy atom. The van der Waals surface area contributed by atoms with Crippen LogP contribution in [0.3, 0.4) is 0 Å². The van der Waals surface area contributed by atoms with E-state index in [9.17, 15) is 41.5 Å². The minimum absolute atomic E-state index is 0.0767. The van der Waals surface area contributed by atoms with E-state index in [0.717, 1.165) is 54.1 Å². The van der Waals surface area contributed by atoms with Crippen molar-refractivity contribution in [2.45, 2.75) is 37.3 Å². The zero-order valence-electron chi connectivity index (χ0n) is 23.0. The minimum Gasteiger partial charge on any atom is -0.633 e. The van der Waals surface area contributed by atoms with Crippen molar-refractivity contribution in [3.8, 4) is 0 Å². The second-order valence-electron chi connectivity index (χ2n) is 10.9. The second-order valence-corrected chi connectivity index (χ2v) is 10.9. The summed E-state index contributed by atoms with van der Waals surface area (Å²) in [7, 11) is 3.21. The number of amides is 2. The van der Waals surface area contributed by atoms with E-state index in [0.29, 0.717) is 5.69 Å².